The van der Waals surface area contributed by atoms with E-state index in [9.17, 15) is 4.79 Å². The molecule has 4 heteroatoms. The Kier molecular flexibility index (Phi) is 5.39. The van der Waals surface area contributed by atoms with Gasteiger partial charge in [0.25, 0.3) is 0 Å². The average Bonchev–Trinajstić information content (AvgIpc) is 2.53. The Hall–Kier alpha value is -2.33. The number of amides is 1. The fourth-order valence-corrected chi connectivity index (χ4v) is 2.96. The second kappa shape index (κ2) is 7.70. The summed E-state index contributed by atoms with van der Waals surface area (Å²) in [5.41, 5.74) is 4.24. The molecule has 0 bridgehead atoms. The molecule has 0 saturated carbocycles. The van der Waals surface area contributed by atoms with Gasteiger partial charge in [-0.1, -0.05) is 36.8 Å². The van der Waals surface area contributed by atoms with Crippen LogP contribution in [0.3, 0.4) is 0 Å². The molecule has 25 heavy (non-hydrogen) atoms. The number of benzene rings is 2. The number of hydrogen-bond acceptors (Lipinski definition) is 3. The van der Waals surface area contributed by atoms with Crippen LogP contribution >= 0.6 is 0 Å². The zero-order chi connectivity index (χ0) is 17.8. The Labute approximate surface area is 149 Å². The molecule has 1 unspecified atom stereocenters. The molecular formula is C21H26N2O2. The molecule has 3 rings (SSSR count). The highest BCUT2D eigenvalue weighted by Crippen LogP contribution is 2.24. The molecule has 2 N–H and O–H groups in total. The second-order valence-corrected chi connectivity index (χ2v) is 6.95. The number of hydrogen-bond donors (Lipinski definition) is 2. The quantitative estimate of drug-likeness (QED) is 0.845. The van der Waals surface area contributed by atoms with Gasteiger partial charge in [0.1, 0.15) is 12.4 Å². The van der Waals surface area contributed by atoms with Gasteiger partial charge < -0.3 is 15.4 Å². The van der Waals surface area contributed by atoms with Crippen molar-refractivity contribution in [2.45, 2.75) is 27.4 Å². The van der Waals surface area contributed by atoms with Gasteiger partial charge in [-0.2, -0.15) is 0 Å². The van der Waals surface area contributed by atoms with Crippen LogP contribution in [0.25, 0.3) is 0 Å². The number of anilines is 1. The third-order valence-corrected chi connectivity index (χ3v) is 4.88. The summed E-state index contributed by atoms with van der Waals surface area (Å²) >= 11 is 0. The maximum Gasteiger partial charge on any atom is 0.227 e. The number of carbonyl (C=O) groups excluding carboxylic acids is 1. The maximum absolute atomic E-state index is 12.4. The lowest BCUT2D eigenvalue weighted by Gasteiger charge is -2.31. The van der Waals surface area contributed by atoms with Crippen LogP contribution in [-0.2, 0) is 11.4 Å². The first-order valence-corrected chi connectivity index (χ1v) is 8.83. The summed E-state index contributed by atoms with van der Waals surface area (Å²) in [6, 6.07) is 14.1. The highest BCUT2D eigenvalue weighted by atomic mass is 16.5. The zero-order valence-electron chi connectivity index (χ0n) is 15.1. The third-order valence-electron chi connectivity index (χ3n) is 4.88. The summed E-state index contributed by atoms with van der Waals surface area (Å²) in [6.45, 7) is 8.46. The van der Waals surface area contributed by atoms with Crippen molar-refractivity contribution in [1.82, 2.24) is 5.32 Å². The minimum Gasteiger partial charge on any atom is -0.489 e. The lowest BCUT2D eigenvalue weighted by molar-refractivity contribution is -0.121. The van der Waals surface area contributed by atoms with Crippen LogP contribution in [0.15, 0.2) is 42.5 Å². The highest BCUT2D eigenvalue weighted by molar-refractivity contribution is 5.93. The first kappa shape index (κ1) is 17.5. The van der Waals surface area contributed by atoms with E-state index in [0.29, 0.717) is 12.5 Å². The molecule has 1 atom stereocenters. The van der Waals surface area contributed by atoms with Crippen LogP contribution in [0.5, 0.6) is 5.75 Å². The topological polar surface area (TPSA) is 50.4 Å². The van der Waals surface area contributed by atoms with Gasteiger partial charge in [0.15, 0.2) is 0 Å². The van der Waals surface area contributed by atoms with Crippen LogP contribution in [0.1, 0.15) is 23.6 Å². The number of carbonyl (C=O) groups is 1. The third kappa shape index (κ3) is 4.40. The summed E-state index contributed by atoms with van der Waals surface area (Å²) in [7, 11) is 0. The molecule has 0 spiro atoms. The summed E-state index contributed by atoms with van der Waals surface area (Å²) in [5.74, 6) is 1.37. The molecule has 1 amide bonds. The average molecular weight is 338 g/mol. The first-order chi connectivity index (χ1) is 12.0. The van der Waals surface area contributed by atoms with Crippen molar-refractivity contribution in [3.8, 4) is 5.75 Å². The highest BCUT2D eigenvalue weighted by Gasteiger charge is 2.28. The van der Waals surface area contributed by atoms with Crippen LogP contribution in [0.2, 0.25) is 0 Å². The van der Waals surface area contributed by atoms with Crippen molar-refractivity contribution in [2.24, 2.45) is 11.8 Å². The summed E-state index contributed by atoms with van der Waals surface area (Å²) < 4.78 is 5.88. The minimum atomic E-state index is 0.0258. The molecule has 132 valence electrons. The smallest absolute Gasteiger partial charge is 0.227 e. The lowest BCUT2D eigenvalue weighted by atomic mass is 9.88. The zero-order valence-corrected chi connectivity index (χ0v) is 15.1. The Morgan fingerprint density at radius 2 is 2.04 bits per heavy atom. The van der Waals surface area contributed by atoms with Gasteiger partial charge in [-0.05, 0) is 62.2 Å². The van der Waals surface area contributed by atoms with Gasteiger partial charge in [-0.15, -0.1) is 0 Å². The number of aryl methyl sites for hydroxylation is 2. The maximum atomic E-state index is 12.4. The number of nitrogens with one attached hydrogen (secondary N) is 2. The Morgan fingerprint density at radius 1 is 1.24 bits per heavy atom. The van der Waals surface area contributed by atoms with Crippen LogP contribution in [0.4, 0.5) is 5.69 Å². The standard InChI is InChI=1S/C21H26N2O2/c1-14-5-4-6-17(9-14)13-25-19-7-8-20(15(2)10-19)23-21(24)16(3)18-11-22-12-18/h4-10,16,18,22H,11-13H2,1-3H3,(H,23,24). The largest absolute Gasteiger partial charge is 0.489 e. The van der Waals surface area contributed by atoms with E-state index in [-0.39, 0.29) is 11.8 Å². The molecule has 1 aliphatic rings. The molecule has 2 aromatic carbocycles. The fraction of sp³-hybridized carbons (Fsp3) is 0.381. The molecule has 0 radical (unpaired) electrons. The SMILES string of the molecule is Cc1cccc(COc2ccc(NC(=O)C(C)C3CNC3)c(C)c2)c1. The van der Waals surface area contributed by atoms with Crippen molar-refractivity contribution in [2.75, 3.05) is 18.4 Å². The van der Waals surface area contributed by atoms with E-state index in [1.165, 1.54) is 5.56 Å². The molecular weight excluding hydrogens is 312 g/mol. The van der Waals surface area contributed by atoms with Crippen LogP contribution in [0, 0.1) is 25.7 Å². The molecule has 1 aliphatic heterocycles. The van der Waals surface area contributed by atoms with Crippen molar-refractivity contribution in [3.05, 3.63) is 59.2 Å². The van der Waals surface area contributed by atoms with Crippen LogP contribution < -0.4 is 15.4 Å². The molecule has 1 heterocycles. The summed E-state index contributed by atoms with van der Waals surface area (Å²) in [6.07, 6.45) is 0. The molecule has 0 aromatic heterocycles. The minimum absolute atomic E-state index is 0.0258. The van der Waals surface area contributed by atoms with Gasteiger partial charge in [0.05, 0.1) is 0 Å². The van der Waals surface area contributed by atoms with E-state index in [1.807, 2.05) is 38.1 Å². The second-order valence-electron chi connectivity index (χ2n) is 6.95. The molecule has 0 aliphatic carbocycles. The van der Waals surface area contributed by atoms with Crippen molar-refractivity contribution in [1.29, 1.82) is 0 Å². The Balaban J connectivity index is 1.59. The van der Waals surface area contributed by atoms with E-state index in [1.54, 1.807) is 0 Å². The fourth-order valence-electron chi connectivity index (χ4n) is 2.96. The van der Waals surface area contributed by atoms with Gasteiger partial charge in [-0.25, -0.2) is 0 Å². The van der Waals surface area contributed by atoms with E-state index in [0.717, 1.165) is 35.7 Å². The van der Waals surface area contributed by atoms with Crippen LogP contribution in [-0.4, -0.2) is 19.0 Å². The molecule has 1 fully saturated rings. The first-order valence-electron chi connectivity index (χ1n) is 8.83. The van der Waals surface area contributed by atoms with Crippen molar-refractivity contribution in [3.63, 3.8) is 0 Å². The summed E-state index contributed by atoms with van der Waals surface area (Å²) in [4.78, 5) is 12.4. The Morgan fingerprint density at radius 3 is 2.68 bits per heavy atom. The molecule has 2 aromatic rings. The van der Waals surface area contributed by atoms with E-state index >= 15 is 0 Å². The number of ether oxygens (including phenoxy) is 1. The van der Waals surface area contributed by atoms with E-state index < -0.39 is 0 Å². The number of rotatable bonds is 6. The predicted molar refractivity (Wildman–Crippen MR) is 101 cm³/mol. The lowest BCUT2D eigenvalue weighted by Crippen LogP contribution is -2.48. The van der Waals surface area contributed by atoms with Gasteiger partial charge in [0.2, 0.25) is 5.91 Å². The molecule has 1 saturated heterocycles. The van der Waals surface area contributed by atoms with Gasteiger partial charge >= 0.3 is 0 Å². The van der Waals surface area contributed by atoms with Crippen molar-refractivity contribution >= 4 is 11.6 Å². The summed E-state index contributed by atoms with van der Waals surface area (Å²) in [5, 5.41) is 6.26. The monoisotopic (exact) mass is 338 g/mol. The predicted octanol–water partition coefficient (Wildman–Crippen LogP) is 3.68. The van der Waals surface area contributed by atoms with Crippen molar-refractivity contribution < 1.29 is 9.53 Å². The van der Waals surface area contributed by atoms with E-state index in [4.69, 9.17) is 4.74 Å². The Bertz CT molecular complexity index is 753. The van der Waals surface area contributed by atoms with Gasteiger partial charge in [0, 0.05) is 11.6 Å². The van der Waals surface area contributed by atoms with E-state index in [2.05, 4.69) is 35.8 Å². The molecule has 4 nitrogen and oxygen atoms in total. The normalized spacial score (nSPS) is 15.3. The van der Waals surface area contributed by atoms with Gasteiger partial charge in [-0.3, -0.25) is 4.79 Å².